The van der Waals surface area contributed by atoms with E-state index in [2.05, 4.69) is 25.9 Å². The smallest absolute Gasteiger partial charge is 0.173 e. The Labute approximate surface area is 162 Å². The number of benzene rings is 1. The van der Waals surface area contributed by atoms with E-state index in [9.17, 15) is 4.39 Å². The van der Waals surface area contributed by atoms with Crippen molar-refractivity contribution in [2.24, 2.45) is 0 Å². The molecule has 0 bridgehead atoms. The van der Waals surface area contributed by atoms with Crippen LogP contribution in [0.3, 0.4) is 0 Å². The van der Waals surface area contributed by atoms with Crippen LogP contribution >= 0.6 is 23.5 Å². The second-order valence-electron chi connectivity index (χ2n) is 5.47. The Morgan fingerprint density at radius 2 is 2.00 bits per heavy atom. The highest BCUT2D eigenvalue weighted by molar-refractivity contribution is 8.00. The third-order valence-corrected chi connectivity index (χ3v) is 4.85. The van der Waals surface area contributed by atoms with E-state index >= 15 is 0 Å². The van der Waals surface area contributed by atoms with E-state index < -0.39 is 0 Å². The van der Waals surface area contributed by atoms with Crippen molar-refractivity contribution in [3.8, 4) is 17.3 Å². The number of nitrogens with one attached hydrogen (secondary N) is 1. The van der Waals surface area contributed by atoms with Crippen molar-refractivity contribution in [1.29, 1.82) is 5.26 Å². The van der Waals surface area contributed by atoms with E-state index in [0.29, 0.717) is 27.7 Å². The summed E-state index contributed by atoms with van der Waals surface area (Å²) in [6, 6.07) is 11.8. The molecule has 0 saturated heterocycles. The van der Waals surface area contributed by atoms with Gasteiger partial charge >= 0.3 is 0 Å². The lowest BCUT2D eigenvalue weighted by Crippen LogP contribution is -1.95. The summed E-state index contributed by atoms with van der Waals surface area (Å²) in [6.45, 7) is 0. The Bertz CT molecular complexity index is 1170. The highest BCUT2D eigenvalue weighted by atomic mass is 35.5. The Morgan fingerprint density at radius 3 is 2.78 bits per heavy atom. The molecular formula is C18H10ClFN6S. The molecule has 0 aliphatic carbocycles. The molecule has 1 aromatic carbocycles. The summed E-state index contributed by atoms with van der Waals surface area (Å²) in [7, 11) is 0. The average molecular weight is 397 g/mol. The third kappa shape index (κ3) is 3.56. The SMILES string of the molecule is N#Cc1cnn2ccc(-c3cnc(Cl)c(NSc4ccc(F)cc4)c3)nc12. The molecule has 0 amide bonds. The molecule has 0 spiro atoms. The Kier molecular flexibility index (Phi) is 4.62. The summed E-state index contributed by atoms with van der Waals surface area (Å²) in [4.78, 5) is 9.52. The Morgan fingerprint density at radius 1 is 1.19 bits per heavy atom. The summed E-state index contributed by atoms with van der Waals surface area (Å²) < 4.78 is 17.7. The third-order valence-electron chi connectivity index (χ3n) is 3.72. The van der Waals surface area contributed by atoms with Gasteiger partial charge in [-0.1, -0.05) is 11.6 Å². The van der Waals surface area contributed by atoms with Crippen LogP contribution in [0.25, 0.3) is 16.9 Å². The van der Waals surface area contributed by atoms with Crippen LogP contribution in [0.15, 0.2) is 59.9 Å². The number of anilines is 1. The molecular weight excluding hydrogens is 387 g/mol. The van der Waals surface area contributed by atoms with Gasteiger partial charge in [-0.3, -0.25) is 0 Å². The minimum atomic E-state index is -0.292. The number of hydrogen-bond acceptors (Lipinski definition) is 6. The van der Waals surface area contributed by atoms with Gasteiger partial charge in [-0.05, 0) is 48.3 Å². The number of nitriles is 1. The topological polar surface area (TPSA) is 78.9 Å². The van der Waals surface area contributed by atoms with E-state index in [-0.39, 0.29) is 5.82 Å². The minimum Gasteiger partial charge on any atom is -0.323 e. The molecule has 6 nitrogen and oxygen atoms in total. The fourth-order valence-electron chi connectivity index (χ4n) is 2.38. The predicted octanol–water partition coefficient (Wildman–Crippen LogP) is 4.57. The number of aromatic nitrogens is 4. The largest absolute Gasteiger partial charge is 0.323 e. The van der Waals surface area contributed by atoms with Crippen molar-refractivity contribution in [3.05, 3.63) is 71.5 Å². The summed E-state index contributed by atoms with van der Waals surface area (Å²) >= 11 is 7.47. The van der Waals surface area contributed by atoms with Crippen LogP contribution in [0.1, 0.15) is 5.56 Å². The predicted molar refractivity (Wildman–Crippen MR) is 102 cm³/mol. The maximum absolute atomic E-state index is 13.0. The van der Waals surface area contributed by atoms with Gasteiger partial charge in [-0.25, -0.2) is 18.9 Å². The van der Waals surface area contributed by atoms with E-state index in [4.69, 9.17) is 16.9 Å². The molecule has 0 aliphatic heterocycles. The average Bonchev–Trinajstić information content (AvgIpc) is 3.11. The number of rotatable bonds is 4. The molecule has 3 aromatic heterocycles. The number of hydrogen-bond donors (Lipinski definition) is 1. The van der Waals surface area contributed by atoms with Crippen molar-refractivity contribution in [2.75, 3.05) is 4.72 Å². The lowest BCUT2D eigenvalue weighted by Gasteiger charge is -2.09. The highest BCUT2D eigenvalue weighted by Crippen LogP contribution is 2.30. The summed E-state index contributed by atoms with van der Waals surface area (Å²) in [6.07, 6.45) is 4.81. The van der Waals surface area contributed by atoms with E-state index in [0.717, 1.165) is 10.5 Å². The molecule has 4 rings (SSSR count). The molecule has 0 unspecified atom stereocenters. The normalized spacial score (nSPS) is 10.7. The van der Waals surface area contributed by atoms with Crippen LogP contribution in [0.5, 0.6) is 0 Å². The maximum atomic E-state index is 13.0. The van der Waals surface area contributed by atoms with Crippen molar-refractivity contribution in [2.45, 2.75) is 4.90 Å². The zero-order chi connectivity index (χ0) is 18.8. The quantitative estimate of drug-likeness (QED) is 0.402. The Balaban J connectivity index is 1.63. The second-order valence-corrected chi connectivity index (χ2v) is 6.71. The zero-order valence-corrected chi connectivity index (χ0v) is 15.2. The van der Waals surface area contributed by atoms with Crippen LogP contribution in [0, 0.1) is 17.1 Å². The van der Waals surface area contributed by atoms with E-state index in [1.165, 1.54) is 34.8 Å². The van der Waals surface area contributed by atoms with E-state index in [1.807, 2.05) is 6.07 Å². The summed E-state index contributed by atoms with van der Waals surface area (Å²) in [5.74, 6) is -0.292. The van der Waals surface area contributed by atoms with Gasteiger partial charge in [0.05, 0.1) is 17.6 Å². The molecule has 0 radical (unpaired) electrons. The van der Waals surface area contributed by atoms with Crippen LogP contribution in [-0.4, -0.2) is 19.6 Å². The molecule has 132 valence electrons. The number of fused-ring (bicyclic) bond motifs is 1. The fraction of sp³-hybridized carbons (Fsp3) is 0. The van der Waals surface area contributed by atoms with Gasteiger partial charge in [-0.15, -0.1) is 0 Å². The lowest BCUT2D eigenvalue weighted by atomic mass is 10.2. The first kappa shape index (κ1) is 17.3. The summed E-state index contributed by atoms with van der Waals surface area (Å²) in [5.41, 5.74) is 2.83. The second kappa shape index (κ2) is 7.23. The van der Waals surface area contributed by atoms with Crippen LogP contribution in [0.2, 0.25) is 5.15 Å². The highest BCUT2D eigenvalue weighted by Gasteiger charge is 2.10. The lowest BCUT2D eigenvalue weighted by molar-refractivity contribution is 0.626. The molecule has 0 atom stereocenters. The van der Waals surface area contributed by atoms with Crippen LogP contribution in [-0.2, 0) is 0 Å². The number of pyridine rings is 1. The maximum Gasteiger partial charge on any atom is 0.173 e. The fourth-order valence-corrected chi connectivity index (χ4v) is 3.25. The molecule has 9 heteroatoms. The molecule has 4 aromatic rings. The van der Waals surface area contributed by atoms with Gasteiger partial charge < -0.3 is 4.72 Å². The monoisotopic (exact) mass is 396 g/mol. The molecule has 0 saturated carbocycles. The molecule has 3 heterocycles. The van der Waals surface area contributed by atoms with Crippen molar-refractivity contribution < 1.29 is 4.39 Å². The summed E-state index contributed by atoms with van der Waals surface area (Å²) in [5, 5.41) is 13.5. The first-order valence-corrected chi connectivity index (χ1v) is 8.92. The first-order valence-electron chi connectivity index (χ1n) is 7.73. The zero-order valence-electron chi connectivity index (χ0n) is 13.6. The van der Waals surface area contributed by atoms with Crippen molar-refractivity contribution in [3.63, 3.8) is 0 Å². The van der Waals surface area contributed by atoms with Crippen molar-refractivity contribution in [1.82, 2.24) is 19.6 Å². The van der Waals surface area contributed by atoms with Crippen LogP contribution in [0.4, 0.5) is 10.1 Å². The molecule has 0 aliphatic rings. The standard InChI is InChI=1S/C18H10ClFN6S/c19-17-16(25-27-14-3-1-13(20)2-4-14)7-11(9-22-17)15-5-6-26-18(24-15)12(8-21)10-23-26/h1-7,9-10,25H. The number of halogens is 2. The minimum absolute atomic E-state index is 0.292. The molecule has 1 N–H and O–H groups in total. The number of nitrogens with zero attached hydrogens (tertiary/aromatic N) is 5. The van der Waals surface area contributed by atoms with Crippen molar-refractivity contribution >= 4 is 34.9 Å². The van der Waals surface area contributed by atoms with Gasteiger partial charge in [0.15, 0.2) is 10.8 Å². The van der Waals surface area contributed by atoms with Gasteiger partial charge in [0.1, 0.15) is 17.4 Å². The molecule has 0 fully saturated rings. The molecule has 27 heavy (non-hydrogen) atoms. The van der Waals surface area contributed by atoms with Gasteiger partial charge in [-0.2, -0.15) is 10.4 Å². The van der Waals surface area contributed by atoms with Gasteiger partial charge in [0, 0.05) is 22.9 Å². The van der Waals surface area contributed by atoms with E-state index in [1.54, 1.807) is 30.6 Å². The Hall–Kier alpha value is -3.15. The van der Waals surface area contributed by atoms with Gasteiger partial charge in [0.2, 0.25) is 0 Å². The first-order chi connectivity index (χ1) is 13.1. The van der Waals surface area contributed by atoms with Crippen LogP contribution < -0.4 is 4.72 Å². The van der Waals surface area contributed by atoms with Gasteiger partial charge in [0.25, 0.3) is 0 Å².